The molecule has 18 heavy (non-hydrogen) atoms. The molecule has 0 radical (unpaired) electrons. The number of fused-ring (bicyclic) bond motifs is 2. The lowest BCUT2D eigenvalue weighted by Crippen LogP contribution is -2.21. The van der Waals surface area contributed by atoms with Crippen LogP contribution in [0.1, 0.15) is 37.3 Å². The Hall–Kier alpha value is -1.35. The van der Waals surface area contributed by atoms with E-state index in [2.05, 4.69) is 18.2 Å². The number of epoxide rings is 1. The molecule has 1 fully saturated rings. The molecule has 0 saturated carbocycles. The van der Waals surface area contributed by atoms with Gasteiger partial charge in [-0.2, -0.15) is 0 Å². The average Bonchev–Trinajstić information content (AvgIpc) is 3.14. The number of ether oxygens (including phenoxy) is 2. The van der Waals surface area contributed by atoms with Crippen LogP contribution in [0.15, 0.2) is 24.3 Å². The van der Waals surface area contributed by atoms with Crippen molar-refractivity contribution < 1.29 is 14.3 Å². The van der Waals surface area contributed by atoms with Crippen molar-refractivity contribution in [3.05, 3.63) is 35.4 Å². The van der Waals surface area contributed by atoms with Crippen molar-refractivity contribution in [1.29, 1.82) is 0 Å². The van der Waals surface area contributed by atoms with Gasteiger partial charge in [-0.25, -0.2) is 4.79 Å². The number of benzene rings is 1. The molecule has 0 aromatic heterocycles. The third-order valence-corrected chi connectivity index (χ3v) is 3.91. The average molecular weight is 246 g/mol. The monoisotopic (exact) mass is 246 g/mol. The van der Waals surface area contributed by atoms with Gasteiger partial charge in [0.2, 0.25) is 0 Å². The lowest BCUT2D eigenvalue weighted by atomic mass is 9.89. The molecule has 0 amide bonds. The first-order valence-corrected chi connectivity index (χ1v) is 6.71. The molecule has 1 aliphatic heterocycles. The van der Waals surface area contributed by atoms with Gasteiger partial charge in [0.15, 0.2) is 6.10 Å². The van der Waals surface area contributed by atoms with Crippen LogP contribution in [0.4, 0.5) is 0 Å². The van der Waals surface area contributed by atoms with Crippen LogP contribution in [0.5, 0.6) is 0 Å². The zero-order valence-corrected chi connectivity index (χ0v) is 10.6. The molecule has 3 nitrogen and oxygen atoms in total. The summed E-state index contributed by atoms with van der Waals surface area (Å²) in [5, 5.41) is 0. The first-order valence-electron chi connectivity index (χ1n) is 6.71. The van der Waals surface area contributed by atoms with Crippen LogP contribution in [-0.2, 0) is 26.3 Å². The SMILES string of the molecule is CCOC(=O)C1OC12CCCCc1ccccc12. The number of hydrogen-bond acceptors (Lipinski definition) is 3. The van der Waals surface area contributed by atoms with Crippen LogP contribution >= 0.6 is 0 Å². The van der Waals surface area contributed by atoms with E-state index in [1.807, 2.05) is 13.0 Å². The van der Waals surface area contributed by atoms with Gasteiger partial charge in [0.05, 0.1) is 6.61 Å². The van der Waals surface area contributed by atoms with Gasteiger partial charge in [0.25, 0.3) is 0 Å². The van der Waals surface area contributed by atoms with E-state index < -0.39 is 6.10 Å². The maximum absolute atomic E-state index is 11.9. The molecule has 2 aliphatic rings. The van der Waals surface area contributed by atoms with Gasteiger partial charge in [-0.15, -0.1) is 0 Å². The van der Waals surface area contributed by atoms with E-state index in [0.717, 1.165) is 25.7 Å². The molecule has 1 spiro atoms. The molecule has 2 atom stereocenters. The topological polar surface area (TPSA) is 38.8 Å². The number of carbonyl (C=O) groups is 1. The Kier molecular flexibility index (Phi) is 2.86. The molecule has 1 aromatic carbocycles. The van der Waals surface area contributed by atoms with Gasteiger partial charge in [0, 0.05) is 0 Å². The second-order valence-electron chi connectivity index (χ2n) is 5.00. The molecular formula is C15H18O3. The molecule has 1 heterocycles. The number of hydrogen-bond donors (Lipinski definition) is 0. The Morgan fingerprint density at radius 3 is 3.11 bits per heavy atom. The fourth-order valence-corrected chi connectivity index (χ4v) is 3.02. The molecule has 96 valence electrons. The quantitative estimate of drug-likeness (QED) is 0.594. The Bertz CT molecular complexity index is 469. The van der Waals surface area contributed by atoms with E-state index in [0.29, 0.717) is 6.61 Å². The van der Waals surface area contributed by atoms with E-state index >= 15 is 0 Å². The summed E-state index contributed by atoms with van der Waals surface area (Å²) in [5.41, 5.74) is 2.13. The molecule has 1 saturated heterocycles. The Balaban J connectivity index is 1.92. The van der Waals surface area contributed by atoms with Crippen molar-refractivity contribution in [3.8, 4) is 0 Å². The zero-order chi connectivity index (χ0) is 12.6. The Labute approximate surface area is 107 Å². The summed E-state index contributed by atoms with van der Waals surface area (Å²) in [4.78, 5) is 11.9. The van der Waals surface area contributed by atoms with Crippen molar-refractivity contribution in [3.63, 3.8) is 0 Å². The normalized spacial score (nSPS) is 29.5. The van der Waals surface area contributed by atoms with E-state index in [4.69, 9.17) is 9.47 Å². The summed E-state index contributed by atoms with van der Waals surface area (Å²) >= 11 is 0. The lowest BCUT2D eigenvalue weighted by Gasteiger charge is -2.13. The second-order valence-corrected chi connectivity index (χ2v) is 5.00. The highest BCUT2D eigenvalue weighted by Crippen LogP contribution is 2.53. The summed E-state index contributed by atoms with van der Waals surface area (Å²) in [7, 11) is 0. The second kappa shape index (κ2) is 4.39. The van der Waals surface area contributed by atoms with Crippen LogP contribution in [0, 0.1) is 0 Å². The van der Waals surface area contributed by atoms with E-state index in [1.165, 1.54) is 11.1 Å². The zero-order valence-electron chi connectivity index (χ0n) is 10.6. The number of aryl methyl sites for hydroxylation is 1. The molecular weight excluding hydrogens is 228 g/mol. The fourth-order valence-electron chi connectivity index (χ4n) is 3.02. The molecule has 2 unspecified atom stereocenters. The van der Waals surface area contributed by atoms with Crippen molar-refractivity contribution >= 4 is 5.97 Å². The van der Waals surface area contributed by atoms with Crippen LogP contribution in [0.2, 0.25) is 0 Å². The predicted molar refractivity (Wildman–Crippen MR) is 67.2 cm³/mol. The van der Waals surface area contributed by atoms with Crippen LogP contribution < -0.4 is 0 Å². The van der Waals surface area contributed by atoms with Gasteiger partial charge in [-0.05, 0) is 43.7 Å². The highest BCUT2D eigenvalue weighted by Gasteiger charge is 2.63. The van der Waals surface area contributed by atoms with E-state index in [1.54, 1.807) is 0 Å². The van der Waals surface area contributed by atoms with Crippen molar-refractivity contribution in [1.82, 2.24) is 0 Å². The number of rotatable bonds is 2. The third-order valence-electron chi connectivity index (χ3n) is 3.91. The minimum Gasteiger partial charge on any atom is -0.464 e. The van der Waals surface area contributed by atoms with E-state index in [-0.39, 0.29) is 11.6 Å². The first kappa shape index (κ1) is 11.7. The van der Waals surface area contributed by atoms with Gasteiger partial charge >= 0.3 is 5.97 Å². The molecule has 0 N–H and O–H groups in total. The highest BCUT2D eigenvalue weighted by atomic mass is 16.7. The summed E-state index contributed by atoms with van der Waals surface area (Å²) in [6.45, 7) is 2.24. The molecule has 1 aliphatic carbocycles. The number of carbonyl (C=O) groups excluding carboxylic acids is 1. The van der Waals surface area contributed by atoms with E-state index in [9.17, 15) is 4.79 Å². The van der Waals surface area contributed by atoms with Crippen LogP contribution in [-0.4, -0.2) is 18.7 Å². The van der Waals surface area contributed by atoms with Gasteiger partial charge < -0.3 is 9.47 Å². The summed E-state index contributed by atoms with van der Waals surface area (Å²) in [5.74, 6) is -0.214. The largest absolute Gasteiger partial charge is 0.464 e. The van der Waals surface area contributed by atoms with Crippen LogP contribution in [0.3, 0.4) is 0 Å². The standard InChI is InChI=1S/C15H18O3/c1-2-17-14(16)13-15(18-13)10-6-5-8-11-7-3-4-9-12(11)15/h3-4,7,9,13H,2,5-6,8,10H2,1H3. The Morgan fingerprint density at radius 1 is 1.44 bits per heavy atom. The van der Waals surface area contributed by atoms with Crippen molar-refractivity contribution in [2.75, 3.05) is 6.61 Å². The maximum atomic E-state index is 11.9. The summed E-state index contributed by atoms with van der Waals surface area (Å²) < 4.78 is 10.9. The molecule has 3 heteroatoms. The number of esters is 1. The smallest absolute Gasteiger partial charge is 0.338 e. The molecule has 1 aromatic rings. The lowest BCUT2D eigenvalue weighted by molar-refractivity contribution is -0.144. The predicted octanol–water partition coefficient (Wildman–Crippen LogP) is 2.57. The minimum absolute atomic E-state index is 0.214. The summed E-state index contributed by atoms with van der Waals surface area (Å²) in [6.07, 6.45) is 3.88. The molecule has 0 bridgehead atoms. The summed E-state index contributed by atoms with van der Waals surface area (Å²) in [6, 6.07) is 8.32. The minimum atomic E-state index is -0.392. The first-order chi connectivity index (χ1) is 8.78. The van der Waals surface area contributed by atoms with Crippen molar-refractivity contribution in [2.24, 2.45) is 0 Å². The molecule has 3 rings (SSSR count). The third kappa shape index (κ3) is 1.74. The fraction of sp³-hybridized carbons (Fsp3) is 0.533. The van der Waals surface area contributed by atoms with Crippen LogP contribution in [0.25, 0.3) is 0 Å². The van der Waals surface area contributed by atoms with Gasteiger partial charge in [0.1, 0.15) is 5.60 Å². The van der Waals surface area contributed by atoms with Crippen molar-refractivity contribution in [2.45, 2.75) is 44.3 Å². The maximum Gasteiger partial charge on any atom is 0.338 e. The Morgan fingerprint density at radius 2 is 2.28 bits per heavy atom. The highest BCUT2D eigenvalue weighted by molar-refractivity contribution is 5.80. The van der Waals surface area contributed by atoms with Gasteiger partial charge in [-0.3, -0.25) is 0 Å². The van der Waals surface area contributed by atoms with Gasteiger partial charge in [-0.1, -0.05) is 24.3 Å².